The van der Waals surface area contributed by atoms with Crippen LogP contribution >= 0.6 is 0 Å². The summed E-state index contributed by atoms with van der Waals surface area (Å²) in [5, 5.41) is 0. The highest BCUT2D eigenvalue weighted by molar-refractivity contribution is 4.50. The lowest BCUT2D eigenvalue weighted by atomic mass is 10.3. The summed E-state index contributed by atoms with van der Waals surface area (Å²) in [6, 6.07) is 0. The van der Waals surface area contributed by atoms with E-state index in [0.717, 1.165) is 6.54 Å². The Bertz CT molecular complexity index is 58.9. The van der Waals surface area contributed by atoms with Gasteiger partial charge in [0.1, 0.15) is 0 Å². The molecule has 0 radical (unpaired) electrons. The third-order valence-corrected chi connectivity index (χ3v) is 1.53. The maximum absolute atomic E-state index is 4.85. The zero-order valence-corrected chi connectivity index (χ0v) is 9.27. The van der Waals surface area contributed by atoms with Gasteiger partial charge in [-0.15, -0.1) is 0 Å². The molecular weight excluding hydrogens is 148 g/mol. The third kappa shape index (κ3) is 12.6. The molecule has 0 aliphatic rings. The first-order valence-corrected chi connectivity index (χ1v) is 5.19. The van der Waals surface area contributed by atoms with Gasteiger partial charge in [-0.3, -0.25) is 0 Å². The van der Waals surface area contributed by atoms with Crippen molar-refractivity contribution in [3.05, 3.63) is 0 Å². The van der Waals surface area contributed by atoms with Gasteiger partial charge in [0.25, 0.3) is 0 Å². The van der Waals surface area contributed by atoms with E-state index >= 15 is 0 Å². The van der Waals surface area contributed by atoms with E-state index in [1.54, 1.807) is 0 Å². The molecule has 0 heterocycles. The Kier molecular flexibility index (Phi) is 16.3. The van der Waals surface area contributed by atoms with Crippen molar-refractivity contribution in [3.63, 3.8) is 0 Å². The van der Waals surface area contributed by atoms with Crippen LogP contribution in [0, 0.1) is 0 Å². The summed E-state index contributed by atoms with van der Waals surface area (Å²) < 4.78 is 0. The monoisotopic (exact) mass is 174 g/mol. The van der Waals surface area contributed by atoms with Crippen LogP contribution in [0.15, 0.2) is 0 Å². The molecule has 0 aliphatic carbocycles. The predicted molar refractivity (Wildman–Crippen MR) is 57.4 cm³/mol. The van der Waals surface area contributed by atoms with Crippen LogP contribution in [0.3, 0.4) is 0 Å². The third-order valence-electron chi connectivity index (χ3n) is 1.53. The van der Waals surface area contributed by atoms with Crippen LogP contribution in [0.2, 0.25) is 0 Å². The fraction of sp³-hybridized carbons (Fsp3) is 1.00. The highest BCUT2D eigenvalue weighted by Crippen LogP contribution is 1.91. The Hall–Kier alpha value is -0.0800. The maximum atomic E-state index is 4.85. The maximum Gasteiger partial charge on any atom is -0.00215 e. The van der Waals surface area contributed by atoms with E-state index in [9.17, 15) is 0 Å². The molecule has 2 heteroatoms. The zero-order chi connectivity index (χ0) is 9.82. The number of nitrogens with zero attached hydrogens (tertiary/aromatic N) is 1. The molecule has 2 nitrogen and oxygen atoms in total. The fourth-order valence-corrected chi connectivity index (χ4v) is 1.06. The molecule has 0 rings (SSSR count). The molecule has 0 aliphatic heterocycles. The van der Waals surface area contributed by atoms with Gasteiger partial charge in [-0.25, -0.2) is 0 Å². The van der Waals surface area contributed by atoms with E-state index in [1.165, 1.54) is 32.5 Å². The number of rotatable bonds is 5. The summed E-state index contributed by atoms with van der Waals surface area (Å²) in [5.74, 6) is 0. The van der Waals surface area contributed by atoms with Gasteiger partial charge in [0.15, 0.2) is 0 Å². The van der Waals surface area contributed by atoms with Gasteiger partial charge in [-0.05, 0) is 39.0 Å². The van der Waals surface area contributed by atoms with Crippen molar-refractivity contribution in [1.29, 1.82) is 0 Å². The summed E-state index contributed by atoms with van der Waals surface area (Å²) in [6.07, 6.45) is 2.57. The number of hydrogen-bond donors (Lipinski definition) is 1. The van der Waals surface area contributed by atoms with Crippen molar-refractivity contribution in [2.75, 3.05) is 26.2 Å². The molecule has 0 unspecified atom stereocenters. The summed E-state index contributed by atoms with van der Waals surface area (Å²) >= 11 is 0. The summed E-state index contributed by atoms with van der Waals surface area (Å²) in [6.45, 7) is 13.1. The molecule has 2 N–H and O–H groups in total. The average molecular weight is 174 g/mol. The summed E-state index contributed by atoms with van der Waals surface area (Å²) in [7, 11) is 0. The molecule has 0 aromatic rings. The highest BCUT2D eigenvalue weighted by Gasteiger charge is 1.95. The standard InChI is InChI=1S/C8H19N.C2H7N/c1-4-7-9(6-3)8-5-2;1-2-3/h4-8H2,1-3H3;2-3H2,1H3. The highest BCUT2D eigenvalue weighted by atomic mass is 15.1. The molecule has 0 atom stereocenters. The Morgan fingerprint density at radius 1 is 0.917 bits per heavy atom. The Labute approximate surface area is 78.1 Å². The fourth-order valence-electron chi connectivity index (χ4n) is 1.06. The van der Waals surface area contributed by atoms with Crippen molar-refractivity contribution < 1.29 is 0 Å². The summed E-state index contributed by atoms with van der Waals surface area (Å²) in [5.41, 5.74) is 4.85. The lowest BCUT2D eigenvalue weighted by Crippen LogP contribution is -2.24. The van der Waals surface area contributed by atoms with Crippen molar-refractivity contribution in [1.82, 2.24) is 4.90 Å². The van der Waals surface area contributed by atoms with Crippen molar-refractivity contribution in [3.8, 4) is 0 Å². The van der Waals surface area contributed by atoms with Crippen LogP contribution < -0.4 is 5.73 Å². The molecule has 0 aromatic carbocycles. The van der Waals surface area contributed by atoms with Gasteiger partial charge in [-0.2, -0.15) is 0 Å². The van der Waals surface area contributed by atoms with Crippen LogP contribution in [-0.2, 0) is 0 Å². The van der Waals surface area contributed by atoms with Crippen LogP contribution in [0.4, 0.5) is 0 Å². The first-order valence-electron chi connectivity index (χ1n) is 5.19. The minimum absolute atomic E-state index is 0.750. The SMILES string of the molecule is CCCN(CC)CCC.CCN. The Morgan fingerprint density at radius 3 is 1.42 bits per heavy atom. The van der Waals surface area contributed by atoms with E-state index in [4.69, 9.17) is 5.73 Å². The van der Waals surface area contributed by atoms with Crippen molar-refractivity contribution in [2.24, 2.45) is 5.73 Å². The summed E-state index contributed by atoms with van der Waals surface area (Å²) in [4.78, 5) is 2.49. The van der Waals surface area contributed by atoms with Gasteiger partial charge in [-0.1, -0.05) is 27.7 Å². The van der Waals surface area contributed by atoms with Gasteiger partial charge in [0, 0.05) is 0 Å². The molecule has 12 heavy (non-hydrogen) atoms. The molecule has 0 saturated carbocycles. The molecule has 0 fully saturated rings. The van der Waals surface area contributed by atoms with Gasteiger partial charge < -0.3 is 10.6 Å². The average Bonchev–Trinajstić information content (AvgIpc) is 2.05. The lowest BCUT2D eigenvalue weighted by molar-refractivity contribution is 0.289. The lowest BCUT2D eigenvalue weighted by Gasteiger charge is -2.17. The quantitative estimate of drug-likeness (QED) is 0.691. The van der Waals surface area contributed by atoms with E-state index in [0.29, 0.717) is 0 Å². The van der Waals surface area contributed by atoms with Gasteiger partial charge in [0.2, 0.25) is 0 Å². The van der Waals surface area contributed by atoms with E-state index in [2.05, 4.69) is 25.7 Å². The molecule has 0 saturated heterocycles. The molecule has 76 valence electrons. The second-order valence-corrected chi connectivity index (χ2v) is 2.84. The van der Waals surface area contributed by atoms with Gasteiger partial charge in [0.05, 0.1) is 0 Å². The number of nitrogens with two attached hydrogens (primary N) is 1. The van der Waals surface area contributed by atoms with E-state index in [-0.39, 0.29) is 0 Å². The minimum atomic E-state index is 0.750. The predicted octanol–water partition coefficient (Wildman–Crippen LogP) is 2.09. The van der Waals surface area contributed by atoms with Crippen molar-refractivity contribution in [2.45, 2.75) is 40.5 Å². The van der Waals surface area contributed by atoms with Gasteiger partial charge >= 0.3 is 0 Å². The second-order valence-electron chi connectivity index (χ2n) is 2.84. The van der Waals surface area contributed by atoms with Crippen LogP contribution in [0.25, 0.3) is 0 Å². The number of hydrogen-bond acceptors (Lipinski definition) is 2. The van der Waals surface area contributed by atoms with Crippen LogP contribution in [-0.4, -0.2) is 31.1 Å². The van der Waals surface area contributed by atoms with Crippen molar-refractivity contribution >= 4 is 0 Å². The van der Waals surface area contributed by atoms with Crippen LogP contribution in [0.5, 0.6) is 0 Å². The second kappa shape index (κ2) is 13.5. The first-order chi connectivity index (χ1) is 5.76. The largest absolute Gasteiger partial charge is 0.331 e. The Balaban J connectivity index is 0. The smallest absolute Gasteiger partial charge is 0.00215 e. The molecule has 0 aromatic heterocycles. The normalized spacial score (nSPS) is 9.50. The minimum Gasteiger partial charge on any atom is -0.331 e. The van der Waals surface area contributed by atoms with E-state index < -0.39 is 0 Å². The molecule has 0 spiro atoms. The Morgan fingerprint density at radius 2 is 1.25 bits per heavy atom. The zero-order valence-electron chi connectivity index (χ0n) is 9.27. The molecule has 0 bridgehead atoms. The first kappa shape index (κ1) is 14.4. The molecular formula is C10H26N2. The van der Waals surface area contributed by atoms with E-state index in [1.807, 2.05) is 6.92 Å². The topological polar surface area (TPSA) is 29.3 Å². The molecule has 0 amide bonds. The van der Waals surface area contributed by atoms with Crippen LogP contribution in [0.1, 0.15) is 40.5 Å².